The first-order valence-electron chi connectivity index (χ1n) is 10.4. The fraction of sp³-hybridized carbons (Fsp3) is 0.417. The average Bonchev–Trinajstić information content (AvgIpc) is 2.72. The highest BCUT2D eigenvalue weighted by molar-refractivity contribution is 6.74. The van der Waals surface area contributed by atoms with E-state index in [4.69, 9.17) is 9.16 Å². The lowest BCUT2D eigenvalue weighted by Crippen LogP contribution is -2.43. The van der Waals surface area contributed by atoms with Gasteiger partial charge < -0.3 is 18.8 Å². The Labute approximate surface area is 186 Å². The van der Waals surface area contributed by atoms with Crippen LogP contribution in [0, 0.1) is 0 Å². The summed E-state index contributed by atoms with van der Waals surface area (Å²) in [5.41, 5.74) is 1.33. The van der Waals surface area contributed by atoms with Crippen LogP contribution in [0.3, 0.4) is 0 Å². The van der Waals surface area contributed by atoms with E-state index in [9.17, 15) is 9.59 Å². The van der Waals surface area contributed by atoms with Crippen LogP contribution in [0.2, 0.25) is 18.1 Å². The minimum atomic E-state index is -1.87. The third-order valence-electron chi connectivity index (χ3n) is 5.58. The van der Waals surface area contributed by atoms with Crippen LogP contribution in [-0.2, 0) is 14.0 Å². The SMILES string of the molecule is COC(=O)c1ccc(OC(=O)CN(CCO[Si](C)(C)C(C)(C)C)c2ccccc2)cc1. The summed E-state index contributed by atoms with van der Waals surface area (Å²) < 4.78 is 16.4. The van der Waals surface area contributed by atoms with E-state index in [-0.39, 0.29) is 17.6 Å². The van der Waals surface area contributed by atoms with Gasteiger partial charge in [-0.3, -0.25) is 0 Å². The number of carbonyl (C=O) groups is 2. The molecule has 0 bridgehead atoms. The molecule has 0 aromatic heterocycles. The molecule has 0 spiro atoms. The van der Waals surface area contributed by atoms with Gasteiger partial charge in [-0.1, -0.05) is 39.0 Å². The van der Waals surface area contributed by atoms with Crippen molar-refractivity contribution in [1.82, 2.24) is 0 Å². The molecule has 0 aliphatic rings. The topological polar surface area (TPSA) is 65.1 Å². The minimum Gasteiger partial charge on any atom is -0.465 e. The molecule has 0 saturated carbocycles. The summed E-state index contributed by atoms with van der Waals surface area (Å²) in [6, 6.07) is 16.0. The summed E-state index contributed by atoms with van der Waals surface area (Å²) in [6.07, 6.45) is 0. The zero-order valence-corrected chi connectivity index (χ0v) is 20.3. The number of hydrogen-bond donors (Lipinski definition) is 0. The third-order valence-corrected chi connectivity index (χ3v) is 10.1. The largest absolute Gasteiger partial charge is 0.465 e. The summed E-state index contributed by atoms with van der Waals surface area (Å²) >= 11 is 0. The van der Waals surface area contributed by atoms with Crippen molar-refractivity contribution >= 4 is 25.9 Å². The summed E-state index contributed by atoms with van der Waals surface area (Å²) in [4.78, 5) is 26.1. The number of methoxy groups -OCH3 is 1. The predicted octanol–water partition coefficient (Wildman–Crippen LogP) is 4.91. The highest BCUT2D eigenvalue weighted by Crippen LogP contribution is 2.36. The van der Waals surface area contributed by atoms with Gasteiger partial charge >= 0.3 is 11.9 Å². The summed E-state index contributed by atoms with van der Waals surface area (Å²) in [5.74, 6) is -0.444. The fourth-order valence-electron chi connectivity index (χ4n) is 2.66. The normalized spacial score (nSPS) is 11.7. The van der Waals surface area contributed by atoms with Crippen LogP contribution in [0.5, 0.6) is 5.75 Å². The molecule has 0 amide bonds. The molecule has 0 saturated heterocycles. The number of nitrogens with zero attached hydrogens (tertiary/aromatic N) is 1. The maximum absolute atomic E-state index is 12.6. The van der Waals surface area contributed by atoms with Crippen LogP contribution in [0.4, 0.5) is 5.69 Å². The molecule has 2 aromatic carbocycles. The standard InChI is InChI=1S/C24H33NO5Si/c1-24(2,3)31(5,6)29-17-16-25(20-10-8-7-9-11-20)18-22(26)30-21-14-12-19(13-15-21)23(27)28-4/h7-15H,16-18H2,1-6H3. The number of para-hydroxylation sites is 1. The van der Waals surface area contributed by atoms with Gasteiger partial charge in [-0.2, -0.15) is 0 Å². The van der Waals surface area contributed by atoms with Gasteiger partial charge in [0.15, 0.2) is 8.32 Å². The number of esters is 2. The van der Waals surface area contributed by atoms with Gasteiger partial charge in [0.1, 0.15) is 12.3 Å². The molecular weight excluding hydrogens is 410 g/mol. The van der Waals surface area contributed by atoms with E-state index in [1.165, 1.54) is 7.11 Å². The summed E-state index contributed by atoms with van der Waals surface area (Å²) in [5, 5.41) is 0.125. The lowest BCUT2D eigenvalue weighted by molar-refractivity contribution is -0.132. The molecule has 0 N–H and O–H groups in total. The molecule has 0 aliphatic carbocycles. The molecule has 0 atom stereocenters. The van der Waals surface area contributed by atoms with E-state index in [2.05, 4.69) is 38.6 Å². The summed E-state index contributed by atoms with van der Waals surface area (Å²) in [7, 11) is -0.549. The van der Waals surface area contributed by atoms with Gasteiger partial charge in [-0.25, -0.2) is 9.59 Å². The molecule has 6 nitrogen and oxygen atoms in total. The quantitative estimate of drug-likeness (QED) is 0.312. The third kappa shape index (κ3) is 7.22. The number of rotatable bonds is 9. The zero-order valence-electron chi connectivity index (χ0n) is 19.3. The smallest absolute Gasteiger partial charge is 0.337 e. The monoisotopic (exact) mass is 443 g/mol. The number of hydrogen-bond acceptors (Lipinski definition) is 6. The predicted molar refractivity (Wildman–Crippen MR) is 125 cm³/mol. The van der Waals surface area contributed by atoms with Crippen molar-refractivity contribution < 1.29 is 23.5 Å². The average molecular weight is 444 g/mol. The first-order chi connectivity index (χ1) is 14.5. The Morgan fingerprint density at radius 1 is 0.968 bits per heavy atom. The van der Waals surface area contributed by atoms with Gasteiger partial charge in [0.05, 0.1) is 19.3 Å². The van der Waals surface area contributed by atoms with E-state index in [0.29, 0.717) is 24.5 Å². The molecule has 0 heterocycles. The number of ether oxygens (including phenoxy) is 2. The molecule has 31 heavy (non-hydrogen) atoms. The fourth-order valence-corrected chi connectivity index (χ4v) is 3.70. The van der Waals surface area contributed by atoms with Crippen molar-refractivity contribution in [2.45, 2.75) is 38.9 Å². The molecule has 168 valence electrons. The summed E-state index contributed by atoms with van der Waals surface area (Å²) in [6.45, 7) is 12.2. The first kappa shape index (κ1) is 24.6. The van der Waals surface area contributed by atoms with Crippen molar-refractivity contribution in [3.05, 3.63) is 60.2 Å². The Bertz CT molecular complexity index is 860. The van der Waals surface area contributed by atoms with Crippen LogP contribution in [0.15, 0.2) is 54.6 Å². The molecule has 7 heteroatoms. The van der Waals surface area contributed by atoms with Crippen molar-refractivity contribution in [3.63, 3.8) is 0 Å². The van der Waals surface area contributed by atoms with Gasteiger partial charge in [-0.15, -0.1) is 0 Å². The van der Waals surface area contributed by atoms with Crippen LogP contribution >= 0.6 is 0 Å². The maximum atomic E-state index is 12.6. The van der Waals surface area contributed by atoms with Crippen LogP contribution < -0.4 is 9.64 Å². The van der Waals surface area contributed by atoms with Gasteiger partial charge in [0.25, 0.3) is 0 Å². The Kier molecular flexibility index (Phi) is 8.41. The molecule has 2 rings (SSSR count). The molecule has 2 aromatic rings. The van der Waals surface area contributed by atoms with Gasteiger partial charge in [0.2, 0.25) is 0 Å². The highest BCUT2D eigenvalue weighted by atomic mass is 28.4. The second-order valence-corrected chi connectivity index (χ2v) is 13.7. The molecule has 0 fully saturated rings. The molecule has 0 radical (unpaired) electrons. The Morgan fingerprint density at radius 3 is 2.13 bits per heavy atom. The molecule has 0 unspecified atom stereocenters. The number of anilines is 1. The van der Waals surface area contributed by atoms with Gasteiger partial charge in [0, 0.05) is 12.2 Å². The van der Waals surface area contributed by atoms with Crippen LogP contribution in [0.1, 0.15) is 31.1 Å². The van der Waals surface area contributed by atoms with E-state index in [1.54, 1.807) is 24.3 Å². The van der Waals surface area contributed by atoms with E-state index in [0.717, 1.165) is 5.69 Å². The van der Waals surface area contributed by atoms with E-state index >= 15 is 0 Å². The highest BCUT2D eigenvalue weighted by Gasteiger charge is 2.37. The first-order valence-corrected chi connectivity index (χ1v) is 13.3. The number of carbonyl (C=O) groups excluding carboxylic acids is 2. The zero-order chi connectivity index (χ0) is 23.1. The molecule has 0 aliphatic heterocycles. The number of benzene rings is 2. The van der Waals surface area contributed by atoms with E-state index in [1.807, 2.05) is 35.2 Å². The van der Waals surface area contributed by atoms with Crippen molar-refractivity contribution in [2.24, 2.45) is 0 Å². The van der Waals surface area contributed by atoms with Crippen LogP contribution in [0.25, 0.3) is 0 Å². The maximum Gasteiger partial charge on any atom is 0.337 e. The van der Waals surface area contributed by atoms with Gasteiger partial charge in [-0.05, 0) is 54.5 Å². The second-order valence-electron chi connectivity index (χ2n) is 8.86. The second kappa shape index (κ2) is 10.6. The Balaban J connectivity index is 2.02. The Morgan fingerprint density at radius 2 is 1.58 bits per heavy atom. The minimum absolute atomic E-state index is 0.0869. The lowest BCUT2D eigenvalue weighted by atomic mass is 10.2. The van der Waals surface area contributed by atoms with E-state index < -0.39 is 14.3 Å². The van der Waals surface area contributed by atoms with Crippen LogP contribution in [-0.4, -0.2) is 47.1 Å². The van der Waals surface area contributed by atoms with Crippen molar-refractivity contribution in [2.75, 3.05) is 31.7 Å². The van der Waals surface area contributed by atoms with Crippen molar-refractivity contribution in [3.8, 4) is 5.75 Å². The van der Waals surface area contributed by atoms with Crippen molar-refractivity contribution in [1.29, 1.82) is 0 Å². The Hall–Kier alpha value is -2.64. The molecular formula is C24H33NO5Si. The lowest BCUT2D eigenvalue weighted by Gasteiger charge is -2.37.